The first-order chi connectivity index (χ1) is 7.60. The molecule has 0 radical (unpaired) electrons. The minimum atomic E-state index is -0.386. The first-order valence-corrected chi connectivity index (χ1v) is 5.27. The lowest BCUT2D eigenvalue weighted by Crippen LogP contribution is -2.26. The molecule has 0 aliphatic rings. The summed E-state index contributed by atoms with van der Waals surface area (Å²) in [6.07, 6.45) is 0. The van der Waals surface area contributed by atoms with Crippen LogP contribution in [-0.2, 0) is 0 Å². The molecular formula is C10H11Cl2NO3. The van der Waals surface area contributed by atoms with Crippen molar-refractivity contribution >= 4 is 29.1 Å². The highest BCUT2D eigenvalue weighted by Crippen LogP contribution is 2.30. The zero-order valence-corrected chi connectivity index (χ0v) is 10.1. The summed E-state index contributed by atoms with van der Waals surface area (Å²) in [5.41, 5.74) is 0.251. The lowest BCUT2D eigenvalue weighted by Gasteiger charge is -2.08. The van der Waals surface area contributed by atoms with Gasteiger partial charge in [-0.25, -0.2) is 0 Å². The zero-order chi connectivity index (χ0) is 12.1. The standard InChI is InChI=1S/C10H11Cl2NO3/c1-16-9-5-7(11)6(4-8(9)12)10(15)13-2-3-14/h4-5,14H,2-3H2,1H3,(H,13,15). The summed E-state index contributed by atoms with van der Waals surface area (Å²) in [5, 5.41) is 11.6. The highest BCUT2D eigenvalue weighted by atomic mass is 35.5. The summed E-state index contributed by atoms with van der Waals surface area (Å²) in [5.74, 6) is 0.0222. The van der Waals surface area contributed by atoms with Crippen molar-refractivity contribution in [3.8, 4) is 5.75 Å². The summed E-state index contributed by atoms with van der Waals surface area (Å²) in [6, 6.07) is 2.90. The first-order valence-electron chi connectivity index (χ1n) is 4.52. The van der Waals surface area contributed by atoms with Gasteiger partial charge in [-0.05, 0) is 6.07 Å². The number of rotatable bonds is 4. The Morgan fingerprint density at radius 2 is 2.12 bits per heavy atom. The molecule has 4 nitrogen and oxygen atoms in total. The van der Waals surface area contributed by atoms with Crippen molar-refractivity contribution in [2.45, 2.75) is 0 Å². The van der Waals surface area contributed by atoms with Crippen molar-refractivity contribution in [3.05, 3.63) is 27.7 Å². The Hall–Kier alpha value is -0.970. The molecule has 0 aliphatic heterocycles. The Balaban J connectivity index is 2.97. The molecule has 0 saturated carbocycles. The molecule has 1 aromatic rings. The fourth-order valence-corrected chi connectivity index (χ4v) is 1.60. The zero-order valence-electron chi connectivity index (χ0n) is 8.59. The van der Waals surface area contributed by atoms with Gasteiger partial charge < -0.3 is 15.2 Å². The van der Waals surface area contributed by atoms with Crippen LogP contribution >= 0.6 is 23.2 Å². The smallest absolute Gasteiger partial charge is 0.252 e. The minimum absolute atomic E-state index is 0.132. The molecule has 0 aliphatic carbocycles. The van der Waals surface area contributed by atoms with E-state index < -0.39 is 0 Å². The third-order valence-electron chi connectivity index (χ3n) is 1.88. The number of benzene rings is 1. The third kappa shape index (κ3) is 3.01. The molecule has 0 unspecified atom stereocenters. The monoisotopic (exact) mass is 263 g/mol. The van der Waals surface area contributed by atoms with Gasteiger partial charge in [0.05, 0.1) is 29.3 Å². The van der Waals surface area contributed by atoms with Crippen molar-refractivity contribution in [1.82, 2.24) is 5.32 Å². The van der Waals surface area contributed by atoms with E-state index in [2.05, 4.69) is 5.32 Å². The van der Waals surface area contributed by atoms with Crippen LogP contribution in [0.2, 0.25) is 10.0 Å². The molecule has 0 aromatic heterocycles. The number of methoxy groups -OCH3 is 1. The van der Waals surface area contributed by atoms with Crippen molar-refractivity contribution in [2.75, 3.05) is 20.3 Å². The average molecular weight is 264 g/mol. The number of amides is 1. The normalized spacial score (nSPS) is 10.0. The van der Waals surface area contributed by atoms with Crippen LogP contribution in [0, 0.1) is 0 Å². The average Bonchev–Trinajstić information content (AvgIpc) is 2.28. The molecule has 0 fully saturated rings. The van der Waals surface area contributed by atoms with E-state index in [-0.39, 0.29) is 29.6 Å². The number of aliphatic hydroxyl groups excluding tert-OH is 1. The van der Waals surface area contributed by atoms with Gasteiger partial charge in [0.25, 0.3) is 5.91 Å². The molecule has 0 bridgehead atoms. The summed E-state index contributed by atoms with van der Waals surface area (Å²) in [6.45, 7) is 0.0338. The quantitative estimate of drug-likeness (QED) is 0.870. The fraction of sp³-hybridized carbons (Fsp3) is 0.300. The molecule has 88 valence electrons. The van der Waals surface area contributed by atoms with Gasteiger partial charge >= 0.3 is 0 Å². The SMILES string of the molecule is COc1cc(Cl)c(C(=O)NCCO)cc1Cl. The van der Waals surface area contributed by atoms with E-state index in [9.17, 15) is 4.79 Å². The maximum Gasteiger partial charge on any atom is 0.252 e. The topological polar surface area (TPSA) is 58.6 Å². The summed E-state index contributed by atoms with van der Waals surface area (Å²) in [7, 11) is 1.46. The van der Waals surface area contributed by atoms with E-state index in [0.29, 0.717) is 10.8 Å². The van der Waals surface area contributed by atoms with Crippen molar-refractivity contribution < 1.29 is 14.6 Å². The van der Waals surface area contributed by atoms with Gasteiger partial charge in [-0.15, -0.1) is 0 Å². The second-order valence-corrected chi connectivity index (χ2v) is 3.76. The number of carbonyl (C=O) groups excluding carboxylic acids is 1. The van der Waals surface area contributed by atoms with Gasteiger partial charge in [0, 0.05) is 12.6 Å². The Kier molecular flexibility index (Phi) is 4.86. The van der Waals surface area contributed by atoms with E-state index in [1.807, 2.05) is 0 Å². The van der Waals surface area contributed by atoms with Gasteiger partial charge in [0.15, 0.2) is 0 Å². The largest absolute Gasteiger partial charge is 0.495 e. The van der Waals surface area contributed by atoms with Gasteiger partial charge in [-0.3, -0.25) is 4.79 Å². The van der Waals surface area contributed by atoms with E-state index in [4.69, 9.17) is 33.0 Å². The Morgan fingerprint density at radius 3 is 2.69 bits per heavy atom. The van der Waals surface area contributed by atoms with Crippen LogP contribution in [0.4, 0.5) is 0 Å². The summed E-state index contributed by atoms with van der Waals surface area (Å²) in [4.78, 5) is 11.6. The van der Waals surface area contributed by atoms with Crippen LogP contribution in [0.3, 0.4) is 0 Å². The minimum Gasteiger partial charge on any atom is -0.495 e. The van der Waals surface area contributed by atoms with Gasteiger partial charge in [0.1, 0.15) is 5.75 Å². The van der Waals surface area contributed by atoms with E-state index in [0.717, 1.165) is 0 Å². The third-order valence-corrected chi connectivity index (χ3v) is 2.49. The van der Waals surface area contributed by atoms with Crippen LogP contribution in [0.5, 0.6) is 5.75 Å². The van der Waals surface area contributed by atoms with Gasteiger partial charge in [0.2, 0.25) is 0 Å². The lowest BCUT2D eigenvalue weighted by atomic mass is 10.2. The Labute approximate surface area is 103 Å². The summed E-state index contributed by atoms with van der Waals surface area (Å²) < 4.78 is 4.95. The number of halogens is 2. The molecule has 0 spiro atoms. The molecule has 1 aromatic carbocycles. The van der Waals surface area contributed by atoms with Crippen LogP contribution in [0.1, 0.15) is 10.4 Å². The van der Waals surface area contributed by atoms with Crippen LogP contribution < -0.4 is 10.1 Å². The van der Waals surface area contributed by atoms with E-state index >= 15 is 0 Å². The highest BCUT2D eigenvalue weighted by molar-refractivity contribution is 6.36. The number of hydrogen-bond acceptors (Lipinski definition) is 3. The predicted molar refractivity (Wildman–Crippen MR) is 62.4 cm³/mol. The summed E-state index contributed by atoms with van der Waals surface area (Å²) >= 11 is 11.8. The molecule has 6 heteroatoms. The predicted octanol–water partition coefficient (Wildman–Crippen LogP) is 1.72. The van der Waals surface area contributed by atoms with Crippen LogP contribution in [-0.4, -0.2) is 31.3 Å². The van der Waals surface area contributed by atoms with Crippen LogP contribution in [0.25, 0.3) is 0 Å². The van der Waals surface area contributed by atoms with E-state index in [1.54, 1.807) is 0 Å². The number of carbonyl (C=O) groups is 1. The molecule has 1 rings (SSSR count). The molecular weight excluding hydrogens is 253 g/mol. The molecule has 16 heavy (non-hydrogen) atoms. The molecule has 0 atom stereocenters. The molecule has 1 amide bonds. The van der Waals surface area contributed by atoms with E-state index in [1.165, 1.54) is 19.2 Å². The second kappa shape index (κ2) is 5.94. The second-order valence-electron chi connectivity index (χ2n) is 2.95. The van der Waals surface area contributed by atoms with Crippen LogP contribution in [0.15, 0.2) is 12.1 Å². The van der Waals surface area contributed by atoms with Gasteiger partial charge in [-0.1, -0.05) is 23.2 Å². The van der Waals surface area contributed by atoms with Crippen molar-refractivity contribution in [2.24, 2.45) is 0 Å². The molecule has 2 N–H and O–H groups in total. The van der Waals surface area contributed by atoms with Gasteiger partial charge in [-0.2, -0.15) is 0 Å². The number of ether oxygens (including phenoxy) is 1. The number of hydrogen-bond donors (Lipinski definition) is 2. The maximum absolute atomic E-state index is 11.6. The lowest BCUT2D eigenvalue weighted by molar-refractivity contribution is 0.0945. The highest BCUT2D eigenvalue weighted by Gasteiger charge is 2.13. The fourth-order valence-electron chi connectivity index (χ4n) is 1.12. The first kappa shape index (κ1) is 13.1. The Morgan fingerprint density at radius 1 is 1.44 bits per heavy atom. The molecule has 0 saturated heterocycles. The number of aliphatic hydroxyl groups is 1. The molecule has 0 heterocycles. The number of nitrogens with one attached hydrogen (secondary N) is 1. The van der Waals surface area contributed by atoms with Crippen molar-refractivity contribution in [3.63, 3.8) is 0 Å². The Bertz CT molecular complexity index is 396. The van der Waals surface area contributed by atoms with Crippen molar-refractivity contribution in [1.29, 1.82) is 0 Å². The maximum atomic E-state index is 11.6.